The first-order valence-corrected chi connectivity index (χ1v) is 12.8. The second-order valence-electron chi connectivity index (χ2n) is 6.87. The van der Waals surface area contributed by atoms with Crippen LogP contribution in [-0.4, -0.2) is 38.4 Å². The number of imidazole rings is 1. The Labute approximate surface area is 187 Å². The van der Waals surface area contributed by atoms with Crippen LogP contribution in [0.4, 0.5) is 5.69 Å². The molecule has 0 aliphatic rings. The summed E-state index contributed by atoms with van der Waals surface area (Å²) in [6, 6.07) is 10.1. The molecule has 0 spiro atoms. The van der Waals surface area contributed by atoms with E-state index < -0.39 is 10.0 Å². The molecule has 0 aliphatic carbocycles. The zero-order valence-corrected chi connectivity index (χ0v) is 19.1. The highest BCUT2D eigenvalue weighted by Gasteiger charge is 2.17. The van der Waals surface area contributed by atoms with Crippen LogP contribution in [0.2, 0.25) is 0 Å². The predicted octanol–water partition coefficient (Wildman–Crippen LogP) is 3.22. The highest BCUT2D eigenvalue weighted by molar-refractivity contribution is 7.99. The molecule has 12 heteroatoms. The number of aromatic nitrogens is 4. The Morgan fingerprint density at radius 3 is 2.84 bits per heavy atom. The SMILES string of the molecule is CCCCn1c(SCC(=O)Nc2cccc3nsnc23)nc2cc(S(N)(=O)=O)ccc21. The van der Waals surface area contributed by atoms with E-state index >= 15 is 0 Å². The van der Waals surface area contributed by atoms with Gasteiger partial charge in [-0.05, 0) is 36.8 Å². The number of hydrogen-bond acceptors (Lipinski definition) is 8. The molecule has 4 rings (SSSR count). The Morgan fingerprint density at radius 2 is 2.06 bits per heavy atom. The second-order valence-corrected chi connectivity index (χ2v) is 9.90. The van der Waals surface area contributed by atoms with Crippen molar-refractivity contribution in [1.29, 1.82) is 0 Å². The Morgan fingerprint density at radius 1 is 1.23 bits per heavy atom. The quantitative estimate of drug-likeness (QED) is 0.373. The monoisotopic (exact) mass is 476 g/mol. The summed E-state index contributed by atoms with van der Waals surface area (Å²) in [7, 11) is -3.82. The molecule has 9 nitrogen and oxygen atoms in total. The van der Waals surface area contributed by atoms with E-state index in [1.54, 1.807) is 12.1 Å². The number of rotatable bonds is 8. The van der Waals surface area contributed by atoms with Crippen molar-refractivity contribution in [2.45, 2.75) is 36.4 Å². The Balaban J connectivity index is 1.56. The third-order valence-corrected chi connectivity index (χ3v) is 7.07. The third kappa shape index (κ3) is 4.71. The highest BCUT2D eigenvalue weighted by atomic mass is 32.2. The molecule has 2 heterocycles. The lowest BCUT2D eigenvalue weighted by molar-refractivity contribution is -0.113. The van der Waals surface area contributed by atoms with Crippen molar-refractivity contribution >= 4 is 67.2 Å². The minimum atomic E-state index is -3.82. The van der Waals surface area contributed by atoms with Gasteiger partial charge in [0.2, 0.25) is 15.9 Å². The average molecular weight is 477 g/mol. The Bertz CT molecular complexity index is 1360. The molecule has 0 radical (unpaired) electrons. The van der Waals surface area contributed by atoms with Crippen molar-refractivity contribution in [3.8, 4) is 0 Å². The summed E-state index contributed by atoms with van der Waals surface area (Å²) < 4.78 is 33.8. The molecule has 2 aromatic heterocycles. The third-order valence-electron chi connectivity index (χ3n) is 4.64. The molecule has 0 saturated carbocycles. The van der Waals surface area contributed by atoms with Crippen LogP contribution in [0.25, 0.3) is 22.1 Å². The minimum Gasteiger partial charge on any atom is -0.323 e. The number of amides is 1. The summed E-state index contributed by atoms with van der Waals surface area (Å²) in [6.07, 6.45) is 1.92. The summed E-state index contributed by atoms with van der Waals surface area (Å²) >= 11 is 2.39. The number of carbonyl (C=O) groups excluding carboxylic acids is 1. The van der Waals surface area contributed by atoms with Gasteiger partial charge >= 0.3 is 0 Å². The van der Waals surface area contributed by atoms with Gasteiger partial charge in [-0.15, -0.1) is 0 Å². The fourth-order valence-corrected chi connectivity index (χ4v) is 5.05. The lowest BCUT2D eigenvalue weighted by atomic mass is 10.2. The van der Waals surface area contributed by atoms with Gasteiger partial charge in [-0.2, -0.15) is 8.75 Å². The highest BCUT2D eigenvalue weighted by Crippen LogP contribution is 2.27. The van der Waals surface area contributed by atoms with Crippen LogP contribution in [-0.2, 0) is 21.4 Å². The lowest BCUT2D eigenvalue weighted by Gasteiger charge is -2.09. The van der Waals surface area contributed by atoms with Crippen LogP contribution >= 0.6 is 23.5 Å². The number of nitrogens with two attached hydrogens (primary N) is 1. The van der Waals surface area contributed by atoms with Crippen LogP contribution < -0.4 is 10.5 Å². The number of thioether (sulfide) groups is 1. The molecule has 0 aliphatic heterocycles. The van der Waals surface area contributed by atoms with E-state index in [0.717, 1.165) is 42.1 Å². The molecule has 0 bridgehead atoms. The maximum absolute atomic E-state index is 12.6. The Hall–Kier alpha value is -2.54. The molecule has 0 atom stereocenters. The van der Waals surface area contributed by atoms with E-state index in [0.29, 0.717) is 21.9 Å². The lowest BCUT2D eigenvalue weighted by Crippen LogP contribution is -2.15. The summed E-state index contributed by atoms with van der Waals surface area (Å²) in [5.74, 6) is -0.0457. The fraction of sp³-hybridized carbons (Fsp3) is 0.263. The van der Waals surface area contributed by atoms with Crippen molar-refractivity contribution in [3.63, 3.8) is 0 Å². The summed E-state index contributed by atoms with van der Waals surface area (Å²) in [5.41, 5.74) is 3.36. The van der Waals surface area contributed by atoms with Gasteiger partial charge < -0.3 is 9.88 Å². The maximum atomic E-state index is 12.6. The zero-order chi connectivity index (χ0) is 22.0. The number of nitrogens with zero attached hydrogens (tertiary/aromatic N) is 4. The number of aryl methyl sites for hydroxylation is 1. The van der Waals surface area contributed by atoms with E-state index in [1.807, 2.05) is 16.7 Å². The van der Waals surface area contributed by atoms with Gasteiger partial charge in [0.15, 0.2) is 5.16 Å². The zero-order valence-electron chi connectivity index (χ0n) is 16.6. The number of unbranched alkanes of at least 4 members (excludes halogenated alkanes) is 1. The van der Waals surface area contributed by atoms with E-state index in [-0.39, 0.29) is 16.6 Å². The molecule has 0 saturated heterocycles. The Kier molecular flexibility index (Phi) is 6.23. The van der Waals surface area contributed by atoms with Crippen LogP contribution in [0, 0.1) is 0 Å². The minimum absolute atomic E-state index is 0.0133. The van der Waals surface area contributed by atoms with Gasteiger partial charge in [-0.3, -0.25) is 4.79 Å². The van der Waals surface area contributed by atoms with Crippen molar-refractivity contribution in [2.75, 3.05) is 11.1 Å². The molecule has 0 fully saturated rings. The van der Waals surface area contributed by atoms with Crippen LogP contribution in [0.15, 0.2) is 46.5 Å². The van der Waals surface area contributed by atoms with Crippen molar-refractivity contribution in [3.05, 3.63) is 36.4 Å². The van der Waals surface area contributed by atoms with Crippen molar-refractivity contribution < 1.29 is 13.2 Å². The van der Waals surface area contributed by atoms with Gasteiger partial charge in [0, 0.05) is 6.54 Å². The number of sulfonamides is 1. The summed E-state index contributed by atoms with van der Waals surface area (Å²) in [4.78, 5) is 17.1. The summed E-state index contributed by atoms with van der Waals surface area (Å²) in [5, 5.41) is 8.78. The van der Waals surface area contributed by atoms with E-state index in [4.69, 9.17) is 5.14 Å². The smallest absolute Gasteiger partial charge is 0.238 e. The molecule has 3 N–H and O–H groups in total. The average Bonchev–Trinajstić information content (AvgIpc) is 3.34. The molecular weight excluding hydrogens is 456 g/mol. The second kappa shape index (κ2) is 8.91. The van der Waals surface area contributed by atoms with Gasteiger partial charge in [0.1, 0.15) is 11.0 Å². The number of primary sulfonamides is 1. The predicted molar refractivity (Wildman–Crippen MR) is 123 cm³/mol. The number of hydrogen-bond donors (Lipinski definition) is 2. The van der Waals surface area contributed by atoms with Gasteiger partial charge in [-0.25, -0.2) is 18.5 Å². The van der Waals surface area contributed by atoms with Gasteiger partial charge in [0.05, 0.1) is 39.1 Å². The first-order chi connectivity index (χ1) is 14.9. The molecule has 0 unspecified atom stereocenters. The standard InChI is InChI=1S/C19H20N6O3S3/c1-2-3-9-25-16-8-7-12(31(20,27)28)10-15(16)22-19(25)29-11-17(26)21-13-5-4-6-14-18(13)24-30-23-14/h4-8,10H,2-3,9,11H2,1H3,(H,21,26)(H2,20,27,28). The number of carbonyl (C=O) groups is 1. The van der Waals surface area contributed by atoms with E-state index in [2.05, 4.69) is 26.0 Å². The van der Waals surface area contributed by atoms with E-state index in [1.165, 1.54) is 23.9 Å². The van der Waals surface area contributed by atoms with Crippen LogP contribution in [0.5, 0.6) is 0 Å². The molecular formula is C19H20N6O3S3. The number of fused-ring (bicyclic) bond motifs is 2. The molecule has 2 aromatic carbocycles. The van der Waals surface area contributed by atoms with Crippen molar-refractivity contribution in [1.82, 2.24) is 18.3 Å². The fourth-order valence-electron chi connectivity index (χ4n) is 3.13. The maximum Gasteiger partial charge on any atom is 0.238 e. The largest absolute Gasteiger partial charge is 0.323 e. The molecule has 4 aromatic rings. The van der Waals surface area contributed by atoms with E-state index in [9.17, 15) is 13.2 Å². The van der Waals surface area contributed by atoms with Gasteiger partial charge in [0.25, 0.3) is 0 Å². The number of nitrogens with one attached hydrogen (secondary N) is 1. The number of anilines is 1. The molecule has 1 amide bonds. The first kappa shape index (κ1) is 21.7. The molecule has 31 heavy (non-hydrogen) atoms. The van der Waals surface area contributed by atoms with Crippen LogP contribution in [0.3, 0.4) is 0 Å². The first-order valence-electron chi connectivity index (χ1n) is 9.54. The molecule has 162 valence electrons. The normalized spacial score (nSPS) is 11.9. The summed E-state index contributed by atoms with van der Waals surface area (Å²) in [6.45, 7) is 2.81. The van der Waals surface area contributed by atoms with Crippen LogP contribution in [0.1, 0.15) is 19.8 Å². The van der Waals surface area contributed by atoms with Gasteiger partial charge in [-0.1, -0.05) is 31.2 Å². The van der Waals surface area contributed by atoms with Crippen molar-refractivity contribution in [2.24, 2.45) is 5.14 Å². The number of benzene rings is 2. The topological polar surface area (TPSA) is 133 Å².